The Morgan fingerprint density at radius 1 is 1.50 bits per heavy atom. The van der Waals surface area contributed by atoms with Crippen LogP contribution in [0.15, 0.2) is 23.1 Å². The summed E-state index contributed by atoms with van der Waals surface area (Å²) in [5, 5.41) is 8.92. The standard InChI is InChI=1S/C12H15FO2S/c1-8(2)6-7-16-11-9(12(14)15)4-3-5-10(11)13/h3-5,8H,6-7H2,1-2H3,(H,14,15). The van der Waals surface area contributed by atoms with Gasteiger partial charge in [-0.2, -0.15) is 0 Å². The summed E-state index contributed by atoms with van der Waals surface area (Å²) in [4.78, 5) is 11.1. The van der Waals surface area contributed by atoms with Crippen LogP contribution < -0.4 is 0 Å². The van der Waals surface area contributed by atoms with Gasteiger partial charge in [0.1, 0.15) is 5.82 Å². The van der Waals surface area contributed by atoms with Crippen LogP contribution in [0.1, 0.15) is 30.6 Å². The number of hydrogen-bond donors (Lipinski definition) is 1. The number of rotatable bonds is 5. The van der Waals surface area contributed by atoms with Crippen molar-refractivity contribution in [3.05, 3.63) is 29.6 Å². The number of carbonyl (C=O) groups is 1. The second kappa shape index (κ2) is 5.89. The van der Waals surface area contributed by atoms with Gasteiger partial charge in [-0.3, -0.25) is 0 Å². The molecule has 1 N–H and O–H groups in total. The Bertz CT molecular complexity index is 377. The van der Waals surface area contributed by atoms with Gasteiger partial charge in [0.15, 0.2) is 0 Å². The smallest absolute Gasteiger partial charge is 0.336 e. The fourth-order valence-corrected chi connectivity index (χ4v) is 2.53. The van der Waals surface area contributed by atoms with Crippen LogP contribution in [0.3, 0.4) is 0 Å². The molecule has 0 unspecified atom stereocenters. The molecule has 16 heavy (non-hydrogen) atoms. The third-order valence-electron chi connectivity index (χ3n) is 2.14. The normalized spacial score (nSPS) is 10.8. The monoisotopic (exact) mass is 242 g/mol. The molecule has 0 aliphatic rings. The lowest BCUT2D eigenvalue weighted by Gasteiger charge is -2.08. The third kappa shape index (κ3) is 3.52. The van der Waals surface area contributed by atoms with Crippen molar-refractivity contribution in [2.24, 2.45) is 5.92 Å². The van der Waals surface area contributed by atoms with Crippen LogP contribution in [-0.2, 0) is 0 Å². The van der Waals surface area contributed by atoms with Crippen LogP contribution in [0.5, 0.6) is 0 Å². The molecule has 0 atom stereocenters. The Balaban J connectivity index is 2.80. The van der Waals surface area contributed by atoms with E-state index < -0.39 is 11.8 Å². The lowest BCUT2D eigenvalue weighted by molar-refractivity contribution is 0.0692. The summed E-state index contributed by atoms with van der Waals surface area (Å²) in [6.07, 6.45) is 0.943. The van der Waals surface area contributed by atoms with Gasteiger partial charge in [-0.05, 0) is 30.2 Å². The molecule has 4 heteroatoms. The summed E-state index contributed by atoms with van der Waals surface area (Å²) in [7, 11) is 0. The van der Waals surface area contributed by atoms with E-state index in [0.717, 1.165) is 12.2 Å². The van der Waals surface area contributed by atoms with Crippen molar-refractivity contribution in [3.8, 4) is 0 Å². The molecule has 2 nitrogen and oxygen atoms in total. The van der Waals surface area contributed by atoms with E-state index in [1.165, 1.54) is 30.0 Å². The zero-order chi connectivity index (χ0) is 12.1. The van der Waals surface area contributed by atoms with E-state index in [1.54, 1.807) is 0 Å². The fraction of sp³-hybridized carbons (Fsp3) is 0.417. The summed E-state index contributed by atoms with van der Waals surface area (Å²) in [6, 6.07) is 4.15. The number of hydrogen-bond acceptors (Lipinski definition) is 2. The van der Waals surface area contributed by atoms with Gasteiger partial charge in [-0.15, -0.1) is 11.8 Å². The Kier molecular flexibility index (Phi) is 4.80. The molecule has 0 heterocycles. The Labute approximate surface area is 98.9 Å². The van der Waals surface area contributed by atoms with Gasteiger partial charge in [0.25, 0.3) is 0 Å². The van der Waals surface area contributed by atoms with E-state index in [0.29, 0.717) is 5.92 Å². The summed E-state index contributed by atoms with van der Waals surface area (Å²) >= 11 is 1.27. The van der Waals surface area contributed by atoms with Crippen molar-refractivity contribution in [3.63, 3.8) is 0 Å². The maximum absolute atomic E-state index is 13.5. The number of aromatic carboxylic acids is 1. The first-order valence-electron chi connectivity index (χ1n) is 5.17. The highest BCUT2D eigenvalue weighted by Crippen LogP contribution is 2.27. The maximum Gasteiger partial charge on any atom is 0.336 e. The predicted molar refractivity (Wildman–Crippen MR) is 63.5 cm³/mol. The number of carboxylic acids is 1. The molecule has 0 radical (unpaired) electrons. The van der Waals surface area contributed by atoms with Crippen molar-refractivity contribution in [1.29, 1.82) is 0 Å². The van der Waals surface area contributed by atoms with E-state index in [4.69, 9.17) is 5.11 Å². The van der Waals surface area contributed by atoms with Gasteiger partial charge in [0.2, 0.25) is 0 Å². The molecule has 0 bridgehead atoms. The van der Waals surface area contributed by atoms with Gasteiger partial charge >= 0.3 is 5.97 Å². The lowest BCUT2D eigenvalue weighted by Crippen LogP contribution is -2.01. The Morgan fingerprint density at radius 2 is 2.19 bits per heavy atom. The van der Waals surface area contributed by atoms with Crippen molar-refractivity contribution in [2.45, 2.75) is 25.2 Å². The minimum atomic E-state index is -1.08. The lowest BCUT2D eigenvalue weighted by atomic mass is 10.2. The van der Waals surface area contributed by atoms with E-state index in [-0.39, 0.29) is 10.5 Å². The van der Waals surface area contributed by atoms with E-state index in [9.17, 15) is 9.18 Å². The molecule has 0 saturated carbocycles. The van der Waals surface area contributed by atoms with Crippen LogP contribution in [0.2, 0.25) is 0 Å². The maximum atomic E-state index is 13.5. The number of thioether (sulfide) groups is 1. The van der Waals surface area contributed by atoms with Crippen LogP contribution in [0, 0.1) is 11.7 Å². The molecule has 1 aromatic rings. The molecule has 1 aromatic carbocycles. The third-order valence-corrected chi connectivity index (χ3v) is 3.28. The molecular formula is C12H15FO2S. The molecule has 1 rings (SSSR count). The quantitative estimate of drug-likeness (QED) is 0.800. The zero-order valence-electron chi connectivity index (χ0n) is 9.37. The first-order chi connectivity index (χ1) is 7.52. The predicted octanol–water partition coefficient (Wildman–Crippen LogP) is 3.66. The number of benzene rings is 1. The fourth-order valence-electron chi connectivity index (χ4n) is 1.22. The second-order valence-electron chi connectivity index (χ2n) is 3.95. The van der Waals surface area contributed by atoms with Gasteiger partial charge in [0.05, 0.1) is 10.5 Å². The highest BCUT2D eigenvalue weighted by molar-refractivity contribution is 7.99. The van der Waals surface area contributed by atoms with Gasteiger partial charge < -0.3 is 5.11 Å². The molecule has 0 fully saturated rings. The molecule has 0 aliphatic carbocycles. The van der Waals surface area contributed by atoms with E-state index in [1.807, 2.05) is 0 Å². The minimum Gasteiger partial charge on any atom is -0.478 e. The Hall–Kier alpha value is -1.03. The molecule has 0 aliphatic heterocycles. The van der Waals surface area contributed by atoms with Crippen molar-refractivity contribution >= 4 is 17.7 Å². The topological polar surface area (TPSA) is 37.3 Å². The summed E-state index contributed by atoms with van der Waals surface area (Å²) in [5.41, 5.74) is 0.0498. The van der Waals surface area contributed by atoms with E-state index in [2.05, 4.69) is 13.8 Å². The highest BCUT2D eigenvalue weighted by Gasteiger charge is 2.14. The van der Waals surface area contributed by atoms with Crippen LogP contribution in [0.4, 0.5) is 4.39 Å². The average Bonchev–Trinajstić information content (AvgIpc) is 2.19. The van der Waals surface area contributed by atoms with Crippen LogP contribution >= 0.6 is 11.8 Å². The number of carboxylic acid groups (broad SMARTS) is 1. The summed E-state index contributed by atoms with van der Waals surface area (Å²) in [6.45, 7) is 4.17. The van der Waals surface area contributed by atoms with E-state index >= 15 is 0 Å². The second-order valence-corrected chi connectivity index (χ2v) is 5.06. The van der Waals surface area contributed by atoms with Gasteiger partial charge in [-0.25, -0.2) is 9.18 Å². The van der Waals surface area contributed by atoms with Crippen molar-refractivity contribution in [2.75, 3.05) is 5.75 Å². The minimum absolute atomic E-state index is 0.0498. The van der Waals surface area contributed by atoms with Gasteiger partial charge in [-0.1, -0.05) is 19.9 Å². The van der Waals surface area contributed by atoms with Crippen molar-refractivity contribution in [1.82, 2.24) is 0 Å². The zero-order valence-corrected chi connectivity index (χ0v) is 10.2. The van der Waals surface area contributed by atoms with Crippen molar-refractivity contribution < 1.29 is 14.3 Å². The molecule has 0 spiro atoms. The average molecular weight is 242 g/mol. The molecular weight excluding hydrogens is 227 g/mol. The first-order valence-corrected chi connectivity index (χ1v) is 6.15. The SMILES string of the molecule is CC(C)CCSc1c(F)cccc1C(=O)O. The largest absolute Gasteiger partial charge is 0.478 e. The molecule has 0 saturated heterocycles. The molecule has 0 aromatic heterocycles. The van der Waals surface area contributed by atoms with Gasteiger partial charge in [0, 0.05) is 0 Å². The first kappa shape index (κ1) is 13.0. The summed E-state index contributed by atoms with van der Waals surface area (Å²) in [5.74, 6) is -0.258. The van der Waals surface area contributed by atoms with Crippen LogP contribution in [0.25, 0.3) is 0 Å². The number of halogens is 1. The van der Waals surface area contributed by atoms with Crippen LogP contribution in [-0.4, -0.2) is 16.8 Å². The molecule has 88 valence electrons. The molecule has 0 amide bonds. The highest BCUT2D eigenvalue weighted by atomic mass is 32.2. The summed E-state index contributed by atoms with van der Waals surface area (Å²) < 4.78 is 13.5. The Morgan fingerprint density at radius 3 is 2.75 bits per heavy atom.